The van der Waals surface area contributed by atoms with Gasteiger partial charge in [0.05, 0.1) is 25.3 Å². The molecule has 2 aromatic heterocycles. The highest BCUT2D eigenvalue weighted by Gasteiger charge is 2.26. The third kappa shape index (κ3) is 6.96. The smallest absolute Gasteiger partial charge is 0.191 e. The number of rotatable bonds is 8. The Kier molecular flexibility index (Phi) is 8.73. The number of halogens is 1. The Labute approximate surface area is 182 Å². The van der Waals surface area contributed by atoms with E-state index in [0.29, 0.717) is 11.7 Å². The van der Waals surface area contributed by atoms with Crippen LogP contribution in [0.15, 0.2) is 40.8 Å². The third-order valence-electron chi connectivity index (χ3n) is 4.85. The van der Waals surface area contributed by atoms with Crippen molar-refractivity contribution in [2.45, 2.75) is 32.4 Å². The molecule has 2 aromatic rings. The lowest BCUT2D eigenvalue weighted by Crippen LogP contribution is -2.44. The first-order valence-electron chi connectivity index (χ1n) is 10.2. The highest BCUT2D eigenvalue weighted by molar-refractivity contribution is 7.10. The van der Waals surface area contributed by atoms with Gasteiger partial charge in [0.15, 0.2) is 5.96 Å². The fraction of sp³-hybridized carbons (Fsp3) is 0.524. The SMILES string of the molecule is CCNC(=NCC(c1cccs1)N1CCOC(C)C1)NCCc1ccc(Cl)nc1. The Morgan fingerprint density at radius 1 is 1.41 bits per heavy atom. The zero-order chi connectivity index (χ0) is 20.5. The molecule has 2 unspecified atom stereocenters. The minimum atomic E-state index is 0.259. The topological polar surface area (TPSA) is 61.8 Å². The molecule has 8 heteroatoms. The van der Waals surface area contributed by atoms with E-state index >= 15 is 0 Å². The lowest BCUT2D eigenvalue weighted by Gasteiger charge is -2.36. The summed E-state index contributed by atoms with van der Waals surface area (Å²) in [6.45, 7) is 9.20. The van der Waals surface area contributed by atoms with Crippen LogP contribution in [0.25, 0.3) is 0 Å². The van der Waals surface area contributed by atoms with Crippen LogP contribution in [0.5, 0.6) is 0 Å². The van der Waals surface area contributed by atoms with Crippen LogP contribution in [0.3, 0.4) is 0 Å². The fourth-order valence-electron chi connectivity index (χ4n) is 3.39. The van der Waals surface area contributed by atoms with Gasteiger partial charge in [-0.2, -0.15) is 0 Å². The molecule has 6 nitrogen and oxygen atoms in total. The summed E-state index contributed by atoms with van der Waals surface area (Å²) in [6, 6.07) is 8.43. The molecule has 0 bridgehead atoms. The number of thiophene rings is 1. The van der Waals surface area contributed by atoms with Crippen molar-refractivity contribution in [1.29, 1.82) is 0 Å². The van der Waals surface area contributed by atoms with Crippen molar-refractivity contribution < 1.29 is 4.74 Å². The molecule has 0 spiro atoms. The van der Waals surface area contributed by atoms with E-state index in [0.717, 1.165) is 50.7 Å². The highest BCUT2D eigenvalue weighted by Crippen LogP contribution is 2.27. The zero-order valence-corrected chi connectivity index (χ0v) is 18.7. The van der Waals surface area contributed by atoms with E-state index in [-0.39, 0.29) is 12.1 Å². The van der Waals surface area contributed by atoms with E-state index in [2.05, 4.69) is 51.9 Å². The van der Waals surface area contributed by atoms with E-state index < -0.39 is 0 Å². The molecule has 0 saturated carbocycles. The van der Waals surface area contributed by atoms with Crippen LogP contribution in [-0.2, 0) is 11.2 Å². The van der Waals surface area contributed by atoms with Crippen molar-refractivity contribution in [2.75, 3.05) is 39.3 Å². The summed E-state index contributed by atoms with van der Waals surface area (Å²) in [4.78, 5) is 12.9. The summed E-state index contributed by atoms with van der Waals surface area (Å²) in [6.07, 6.45) is 2.94. The minimum Gasteiger partial charge on any atom is -0.376 e. The van der Waals surface area contributed by atoms with Crippen LogP contribution >= 0.6 is 22.9 Å². The quantitative estimate of drug-likeness (QED) is 0.378. The molecule has 0 aliphatic carbocycles. The Hall–Kier alpha value is -1.67. The second-order valence-electron chi connectivity index (χ2n) is 7.09. The number of hydrogen-bond acceptors (Lipinski definition) is 5. The molecule has 1 aliphatic heterocycles. The van der Waals surface area contributed by atoms with Crippen LogP contribution in [0.1, 0.15) is 30.3 Å². The molecule has 2 N–H and O–H groups in total. The summed E-state index contributed by atoms with van der Waals surface area (Å²) in [5.41, 5.74) is 1.15. The van der Waals surface area contributed by atoms with E-state index in [4.69, 9.17) is 21.3 Å². The molecular formula is C21H30ClN5OS. The van der Waals surface area contributed by atoms with Crippen molar-refractivity contribution in [3.63, 3.8) is 0 Å². The molecule has 158 valence electrons. The lowest BCUT2D eigenvalue weighted by atomic mass is 10.1. The van der Waals surface area contributed by atoms with Gasteiger partial charge in [0.25, 0.3) is 0 Å². The highest BCUT2D eigenvalue weighted by atomic mass is 35.5. The number of hydrogen-bond donors (Lipinski definition) is 2. The number of aliphatic imine (C=N–C) groups is 1. The first kappa shape index (κ1) is 22.0. The van der Waals surface area contributed by atoms with Gasteiger partial charge in [0.1, 0.15) is 5.15 Å². The van der Waals surface area contributed by atoms with Crippen LogP contribution in [0, 0.1) is 0 Å². The number of nitrogens with zero attached hydrogens (tertiary/aromatic N) is 3. The predicted molar refractivity (Wildman–Crippen MR) is 121 cm³/mol. The van der Waals surface area contributed by atoms with Crippen LogP contribution in [0.2, 0.25) is 5.15 Å². The summed E-state index contributed by atoms with van der Waals surface area (Å²) in [5.74, 6) is 0.845. The van der Waals surface area contributed by atoms with Crippen LogP contribution in [-0.4, -0.2) is 61.3 Å². The second kappa shape index (κ2) is 11.5. The lowest BCUT2D eigenvalue weighted by molar-refractivity contribution is -0.0327. The van der Waals surface area contributed by atoms with Crippen molar-refractivity contribution in [1.82, 2.24) is 20.5 Å². The van der Waals surface area contributed by atoms with Crippen molar-refractivity contribution in [2.24, 2.45) is 4.99 Å². The molecule has 1 saturated heterocycles. The molecule has 3 heterocycles. The number of pyridine rings is 1. The summed E-state index contributed by atoms with van der Waals surface area (Å²) in [7, 11) is 0. The summed E-state index contributed by atoms with van der Waals surface area (Å²) in [5, 5.41) is 9.45. The van der Waals surface area contributed by atoms with E-state index in [1.807, 2.05) is 18.3 Å². The maximum absolute atomic E-state index is 5.86. The predicted octanol–water partition coefficient (Wildman–Crippen LogP) is 3.36. The second-order valence-corrected chi connectivity index (χ2v) is 8.46. The summed E-state index contributed by atoms with van der Waals surface area (Å²) < 4.78 is 5.73. The average Bonchev–Trinajstić information content (AvgIpc) is 3.24. The Morgan fingerprint density at radius 3 is 3.00 bits per heavy atom. The van der Waals surface area contributed by atoms with Crippen molar-refractivity contribution in [3.8, 4) is 0 Å². The van der Waals surface area contributed by atoms with E-state index in [9.17, 15) is 0 Å². The van der Waals surface area contributed by atoms with Gasteiger partial charge < -0.3 is 15.4 Å². The van der Waals surface area contributed by atoms with Gasteiger partial charge >= 0.3 is 0 Å². The van der Waals surface area contributed by atoms with Gasteiger partial charge in [-0.1, -0.05) is 23.7 Å². The maximum Gasteiger partial charge on any atom is 0.191 e. The number of aromatic nitrogens is 1. The zero-order valence-electron chi connectivity index (χ0n) is 17.1. The molecule has 0 radical (unpaired) electrons. The van der Waals surface area contributed by atoms with Crippen molar-refractivity contribution >= 4 is 28.9 Å². The number of ether oxygens (including phenoxy) is 1. The van der Waals surface area contributed by atoms with E-state index in [1.54, 1.807) is 11.3 Å². The molecule has 2 atom stereocenters. The Morgan fingerprint density at radius 2 is 2.31 bits per heavy atom. The molecule has 0 amide bonds. The first-order chi connectivity index (χ1) is 14.2. The molecule has 1 fully saturated rings. The van der Waals surface area contributed by atoms with Gasteiger partial charge in [0.2, 0.25) is 0 Å². The molecule has 0 aromatic carbocycles. The largest absolute Gasteiger partial charge is 0.376 e. The van der Waals surface area contributed by atoms with Crippen LogP contribution < -0.4 is 10.6 Å². The number of morpholine rings is 1. The molecule has 1 aliphatic rings. The van der Waals surface area contributed by atoms with Gasteiger partial charge in [-0.15, -0.1) is 11.3 Å². The van der Waals surface area contributed by atoms with Gasteiger partial charge in [0, 0.05) is 37.3 Å². The normalized spacial score (nSPS) is 19.1. The summed E-state index contributed by atoms with van der Waals surface area (Å²) >= 11 is 7.65. The van der Waals surface area contributed by atoms with Crippen molar-refractivity contribution in [3.05, 3.63) is 51.4 Å². The third-order valence-corrected chi connectivity index (χ3v) is 6.04. The van der Waals surface area contributed by atoms with Gasteiger partial charge in [-0.05, 0) is 43.3 Å². The molecule has 29 heavy (non-hydrogen) atoms. The van der Waals surface area contributed by atoms with E-state index in [1.165, 1.54) is 4.88 Å². The minimum absolute atomic E-state index is 0.259. The molecular weight excluding hydrogens is 406 g/mol. The van der Waals surface area contributed by atoms with Gasteiger partial charge in [-0.3, -0.25) is 9.89 Å². The maximum atomic E-state index is 5.86. The average molecular weight is 436 g/mol. The monoisotopic (exact) mass is 435 g/mol. The standard InChI is InChI=1S/C21H30ClN5OS/c1-3-23-21(24-9-8-17-6-7-20(22)25-13-17)26-14-18(19-5-4-12-29-19)27-10-11-28-16(2)15-27/h4-7,12-13,16,18H,3,8-11,14-15H2,1-2H3,(H2,23,24,26). The van der Waals surface area contributed by atoms with Gasteiger partial charge in [-0.25, -0.2) is 4.98 Å². The molecule has 3 rings (SSSR count). The van der Waals surface area contributed by atoms with Crippen LogP contribution in [0.4, 0.5) is 0 Å². The fourth-order valence-corrected chi connectivity index (χ4v) is 4.36. The Bertz CT molecular complexity index is 753. The Balaban J connectivity index is 1.61. The number of nitrogens with one attached hydrogen (secondary N) is 2. The number of guanidine groups is 1. The first-order valence-corrected chi connectivity index (χ1v) is 11.4.